The van der Waals surface area contributed by atoms with Crippen LogP contribution in [0, 0.1) is 0 Å². The summed E-state index contributed by atoms with van der Waals surface area (Å²) in [5, 5.41) is 4.17. The fourth-order valence-corrected chi connectivity index (χ4v) is 4.72. The number of aromatic nitrogens is 2. The van der Waals surface area contributed by atoms with Crippen molar-refractivity contribution in [3.63, 3.8) is 0 Å². The number of likely N-dealkylation sites (N-methyl/N-ethyl adjacent to an activating group) is 1. The molecule has 0 spiro atoms. The van der Waals surface area contributed by atoms with Gasteiger partial charge in [-0.3, -0.25) is 4.68 Å². The Labute approximate surface area is 157 Å². The van der Waals surface area contributed by atoms with E-state index in [1.54, 1.807) is 28.9 Å². The van der Waals surface area contributed by atoms with Crippen LogP contribution in [0.25, 0.3) is 0 Å². The Hall–Kier alpha value is -2.59. The SMILES string of the molecule is COC(=O)c1cc2n(n1)CCN(S(=O)(=O)c1ccc3c(c1)OCCN3C)C2. The third kappa shape index (κ3) is 3.04. The number of hydrogen-bond acceptors (Lipinski definition) is 7. The van der Waals surface area contributed by atoms with Crippen molar-refractivity contribution in [2.45, 2.75) is 18.0 Å². The minimum absolute atomic E-state index is 0.143. The van der Waals surface area contributed by atoms with Crippen LogP contribution in [0.3, 0.4) is 0 Å². The summed E-state index contributed by atoms with van der Waals surface area (Å²) in [6, 6.07) is 6.51. The van der Waals surface area contributed by atoms with Gasteiger partial charge in [0.2, 0.25) is 10.0 Å². The minimum Gasteiger partial charge on any atom is -0.490 e. The molecule has 0 atom stereocenters. The highest BCUT2D eigenvalue weighted by Gasteiger charge is 2.31. The fourth-order valence-electron chi connectivity index (χ4n) is 3.30. The summed E-state index contributed by atoms with van der Waals surface area (Å²) in [5.74, 6) is 0.0297. The molecule has 0 radical (unpaired) electrons. The van der Waals surface area contributed by atoms with Gasteiger partial charge >= 0.3 is 5.97 Å². The molecule has 3 heterocycles. The Morgan fingerprint density at radius 1 is 1.22 bits per heavy atom. The second-order valence-corrected chi connectivity index (χ2v) is 8.41. The lowest BCUT2D eigenvalue weighted by Gasteiger charge is -2.29. The molecule has 9 nitrogen and oxygen atoms in total. The molecule has 0 amide bonds. The number of nitrogens with zero attached hydrogens (tertiary/aromatic N) is 4. The third-order valence-electron chi connectivity index (χ3n) is 4.82. The van der Waals surface area contributed by atoms with E-state index in [1.807, 2.05) is 11.9 Å². The number of benzene rings is 1. The second-order valence-electron chi connectivity index (χ2n) is 6.47. The standard InChI is InChI=1S/C17H20N4O5S/c1-19-7-8-26-16-10-13(3-4-15(16)19)27(23,24)20-5-6-21-12(11-20)9-14(18-21)17(22)25-2/h3-4,9-10H,5-8,11H2,1-2H3. The number of hydrogen-bond donors (Lipinski definition) is 0. The van der Waals surface area contributed by atoms with Gasteiger partial charge in [-0.25, -0.2) is 13.2 Å². The number of sulfonamides is 1. The summed E-state index contributed by atoms with van der Waals surface area (Å²) in [4.78, 5) is 13.9. The van der Waals surface area contributed by atoms with Gasteiger partial charge in [-0.05, 0) is 18.2 Å². The van der Waals surface area contributed by atoms with Gasteiger partial charge in [0.15, 0.2) is 5.69 Å². The molecule has 1 aromatic heterocycles. The molecule has 2 aromatic rings. The first-order chi connectivity index (χ1) is 12.9. The van der Waals surface area contributed by atoms with Crippen molar-refractivity contribution in [3.05, 3.63) is 35.7 Å². The first kappa shape index (κ1) is 17.8. The Bertz CT molecular complexity index is 1000. The Morgan fingerprint density at radius 3 is 2.81 bits per heavy atom. The zero-order valence-corrected chi connectivity index (χ0v) is 15.9. The summed E-state index contributed by atoms with van der Waals surface area (Å²) in [6.07, 6.45) is 0. The van der Waals surface area contributed by atoms with Crippen LogP contribution < -0.4 is 9.64 Å². The molecule has 0 saturated carbocycles. The van der Waals surface area contributed by atoms with Crippen molar-refractivity contribution < 1.29 is 22.7 Å². The zero-order chi connectivity index (χ0) is 19.2. The summed E-state index contributed by atoms with van der Waals surface area (Å²) in [5.41, 5.74) is 1.70. The maximum absolute atomic E-state index is 13.1. The minimum atomic E-state index is -3.69. The van der Waals surface area contributed by atoms with Gasteiger partial charge in [0.25, 0.3) is 0 Å². The largest absolute Gasteiger partial charge is 0.490 e. The predicted octanol–water partition coefficient (Wildman–Crippen LogP) is 0.703. The highest BCUT2D eigenvalue weighted by atomic mass is 32.2. The molecule has 0 bridgehead atoms. The molecule has 144 valence electrons. The monoisotopic (exact) mass is 392 g/mol. The summed E-state index contributed by atoms with van der Waals surface area (Å²) in [6.45, 7) is 2.07. The molecule has 0 unspecified atom stereocenters. The van der Waals surface area contributed by atoms with Crippen LogP contribution in [0.5, 0.6) is 5.75 Å². The summed E-state index contributed by atoms with van der Waals surface area (Å²) in [7, 11) is -0.465. The molecular formula is C17H20N4O5S. The van der Waals surface area contributed by atoms with E-state index in [1.165, 1.54) is 11.4 Å². The molecule has 2 aliphatic rings. The van der Waals surface area contributed by atoms with Gasteiger partial charge in [-0.1, -0.05) is 0 Å². The number of rotatable bonds is 3. The summed E-state index contributed by atoms with van der Waals surface area (Å²) >= 11 is 0. The lowest BCUT2D eigenvalue weighted by Crippen LogP contribution is -2.38. The van der Waals surface area contributed by atoms with Crippen molar-refractivity contribution in [2.75, 3.05) is 38.8 Å². The summed E-state index contributed by atoms with van der Waals surface area (Å²) < 4.78 is 39.5. The third-order valence-corrected chi connectivity index (χ3v) is 6.66. The highest BCUT2D eigenvalue weighted by molar-refractivity contribution is 7.89. The molecule has 10 heteroatoms. The van der Waals surface area contributed by atoms with Gasteiger partial charge in [-0.2, -0.15) is 9.40 Å². The molecule has 0 fully saturated rings. The topological polar surface area (TPSA) is 94.0 Å². The molecule has 4 rings (SSSR count). The van der Waals surface area contributed by atoms with Crippen molar-refractivity contribution >= 4 is 21.7 Å². The van der Waals surface area contributed by atoms with Gasteiger partial charge < -0.3 is 14.4 Å². The number of anilines is 1. The lowest BCUT2D eigenvalue weighted by atomic mass is 10.2. The first-order valence-electron chi connectivity index (χ1n) is 8.53. The van der Waals surface area contributed by atoms with E-state index in [9.17, 15) is 13.2 Å². The molecule has 0 aliphatic carbocycles. The Balaban J connectivity index is 1.62. The number of carbonyl (C=O) groups is 1. The molecule has 0 saturated heterocycles. The van der Waals surface area contributed by atoms with Crippen LogP contribution >= 0.6 is 0 Å². The van der Waals surface area contributed by atoms with E-state index in [0.717, 1.165) is 12.2 Å². The smallest absolute Gasteiger partial charge is 0.358 e. The van der Waals surface area contributed by atoms with Crippen LogP contribution in [0.15, 0.2) is 29.2 Å². The van der Waals surface area contributed by atoms with Crippen LogP contribution in [0.1, 0.15) is 16.2 Å². The van der Waals surface area contributed by atoms with Crippen LogP contribution in [-0.4, -0.2) is 62.3 Å². The molecule has 27 heavy (non-hydrogen) atoms. The normalized spacial score (nSPS) is 17.0. The lowest BCUT2D eigenvalue weighted by molar-refractivity contribution is 0.0593. The van der Waals surface area contributed by atoms with E-state index in [2.05, 4.69) is 9.84 Å². The maximum Gasteiger partial charge on any atom is 0.358 e. The van der Waals surface area contributed by atoms with E-state index < -0.39 is 16.0 Å². The van der Waals surface area contributed by atoms with Crippen molar-refractivity contribution in [1.29, 1.82) is 0 Å². The van der Waals surface area contributed by atoms with Crippen molar-refractivity contribution in [3.8, 4) is 5.75 Å². The van der Waals surface area contributed by atoms with Gasteiger partial charge in [-0.15, -0.1) is 0 Å². The van der Waals surface area contributed by atoms with E-state index >= 15 is 0 Å². The Kier molecular flexibility index (Phi) is 4.31. The maximum atomic E-state index is 13.1. The number of methoxy groups -OCH3 is 1. The van der Waals surface area contributed by atoms with E-state index in [0.29, 0.717) is 24.6 Å². The number of esters is 1. The number of fused-ring (bicyclic) bond motifs is 2. The Morgan fingerprint density at radius 2 is 2.04 bits per heavy atom. The van der Waals surface area contributed by atoms with Crippen LogP contribution in [0.4, 0.5) is 5.69 Å². The highest BCUT2D eigenvalue weighted by Crippen LogP contribution is 2.34. The average molecular weight is 392 g/mol. The van der Waals surface area contributed by atoms with Gasteiger partial charge in [0.1, 0.15) is 12.4 Å². The van der Waals surface area contributed by atoms with Gasteiger partial charge in [0, 0.05) is 19.7 Å². The number of ether oxygens (including phenoxy) is 2. The van der Waals surface area contributed by atoms with Crippen molar-refractivity contribution in [2.24, 2.45) is 0 Å². The molecule has 1 aromatic carbocycles. The van der Waals surface area contributed by atoms with Crippen LogP contribution in [-0.2, 0) is 27.8 Å². The zero-order valence-electron chi connectivity index (χ0n) is 15.1. The van der Waals surface area contributed by atoms with Crippen molar-refractivity contribution in [1.82, 2.24) is 14.1 Å². The predicted molar refractivity (Wildman–Crippen MR) is 96.4 cm³/mol. The molecular weight excluding hydrogens is 372 g/mol. The fraction of sp³-hybridized carbons (Fsp3) is 0.412. The molecule has 0 N–H and O–H groups in total. The van der Waals surface area contributed by atoms with Gasteiger partial charge in [0.05, 0.1) is 43.0 Å². The average Bonchev–Trinajstić information content (AvgIpc) is 3.10. The number of carbonyl (C=O) groups excluding carboxylic acids is 1. The van der Waals surface area contributed by atoms with E-state index in [4.69, 9.17) is 4.74 Å². The first-order valence-corrected chi connectivity index (χ1v) is 9.97. The quantitative estimate of drug-likeness (QED) is 0.710. The van der Waals surface area contributed by atoms with E-state index in [-0.39, 0.29) is 23.7 Å². The second kappa shape index (κ2) is 6.54. The molecule has 2 aliphatic heterocycles. The van der Waals surface area contributed by atoms with Crippen LogP contribution in [0.2, 0.25) is 0 Å².